The van der Waals surface area contributed by atoms with Gasteiger partial charge in [0.25, 0.3) is 0 Å². The number of rotatable bonds is 4. The van der Waals surface area contributed by atoms with Gasteiger partial charge in [0.1, 0.15) is 11.4 Å². The minimum absolute atomic E-state index is 0.0532. The summed E-state index contributed by atoms with van der Waals surface area (Å²) < 4.78 is 7.26. The lowest BCUT2D eigenvalue weighted by Gasteiger charge is -2.50. The van der Waals surface area contributed by atoms with E-state index in [0.29, 0.717) is 13.1 Å². The Morgan fingerprint density at radius 2 is 2.00 bits per heavy atom. The number of imidazole rings is 1. The third-order valence-electron chi connectivity index (χ3n) is 3.80. The normalized spacial score (nSPS) is 17.0. The highest BCUT2D eigenvalue weighted by Crippen LogP contribution is 2.36. The molecule has 0 radical (unpaired) electrons. The van der Waals surface area contributed by atoms with Crippen molar-refractivity contribution in [3.8, 4) is 0 Å². The van der Waals surface area contributed by atoms with Crippen LogP contribution in [0.25, 0.3) is 0 Å². The first kappa shape index (κ1) is 17.3. The van der Waals surface area contributed by atoms with Gasteiger partial charge in [-0.05, 0) is 20.8 Å². The monoisotopic (exact) mass is 323 g/mol. The summed E-state index contributed by atoms with van der Waals surface area (Å²) in [5, 5.41) is 9.29. The molecule has 1 aromatic rings. The van der Waals surface area contributed by atoms with Crippen LogP contribution < -0.4 is 0 Å². The van der Waals surface area contributed by atoms with Gasteiger partial charge in [0, 0.05) is 31.4 Å². The van der Waals surface area contributed by atoms with Crippen molar-refractivity contribution in [2.75, 3.05) is 13.1 Å². The molecule has 1 N–H and O–H groups in total. The van der Waals surface area contributed by atoms with Crippen molar-refractivity contribution >= 4 is 12.1 Å². The zero-order valence-corrected chi connectivity index (χ0v) is 14.4. The van der Waals surface area contributed by atoms with Crippen molar-refractivity contribution in [2.45, 2.75) is 58.1 Å². The maximum absolute atomic E-state index is 12.1. The number of carboxylic acids is 1. The predicted molar refractivity (Wildman–Crippen MR) is 84.3 cm³/mol. The molecule has 0 atom stereocenters. The maximum Gasteiger partial charge on any atom is 0.410 e. The number of likely N-dealkylation sites (tertiary alicyclic amines) is 1. The molecule has 1 aliphatic rings. The van der Waals surface area contributed by atoms with Gasteiger partial charge in [0.05, 0.1) is 12.0 Å². The van der Waals surface area contributed by atoms with Crippen molar-refractivity contribution in [1.29, 1.82) is 0 Å². The highest BCUT2D eigenvalue weighted by molar-refractivity contribution is 5.72. The number of nitrogens with zero attached hydrogens (tertiary/aromatic N) is 3. The Labute approximate surface area is 136 Å². The number of carbonyl (C=O) groups is 2. The SMILES string of the molecule is CC(C)c1nccn1C1(CC(=O)O)CN(C(=O)OC(C)(C)C)C1. The van der Waals surface area contributed by atoms with E-state index in [1.165, 1.54) is 4.90 Å². The summed E-state index contributed by atoms with van der Waals surface area (Å²) in [6.45, 7) is 10.1. The smallest absolute Gasteiger partial charge is 0.410 e. The van der Waals surface area contributed by atoms with Crippen LogP contribution in [-0.2, 0) is 15.1 Å². The molecule has 0 spiro atoms. The summed E-state index contributed by atoms with van der Waals surface area (Å²) in [6, 6.07) is 0. The molecule has 1 aliphatic heterocycles. The minimum Gasteiger partial charge on any atom is -0.481 e. The minimum atomic E-state index is -0.891. The number of aliphatic carboxylic acids is 1. The predicted octanol–water partition coefficient (Wildman–Crippen LogP) is 2.43. The molecule has 7 heteroatoms. The van der Waals surface area contributed by atoms with E-state index in [2.05, 4.69) is 4.98 Å². The average molecular weight is 323 g/mol. The molecule has 0 aliphatic carbocycles. The Balaban J connectivity index is 2.20. The lowest BCUT2D eigenvalue weighted by molar-refractivity contribution is -0.142. The Bertz CT molecular complexity index is 595. The molecule has 1 amide bonds. The van der Waals surface area contributed by atoms with Crippen molar-refractivity contribution in [1.82, 2.24) is 14.5 Å². The lowest BCUT2D eigenvalue weighted by atomic mass is 9.85. The van der Waals surface area contributed by atoms with Gasteiger partial charge >= 0.3 is 12.1 Å². The molecular formula is C16H25N3O4. The van der Waals surface area contributed by atoms with Crippen LogP contribution >= 0.6 is 0 Å². The number of carbonyl (C=O) groups excluding carboxylic acids is 1. The second kappa shape index (κ2) is 5.86. The summed E-state index contributed by atoms with van der Waals surface area (Å²) in [7, 11) is 0. The van der Waals surface area contributed by atoms with Gasteiger partial charge in [-0.3, -0.25) is 4.79 Å². The van der Waals surface area contributed by atoms with Gasteiger partial charge in [0.15, 0.2) is 0 Å². The van der Waals surface area contributed by atoms with Crippen LogP contribution in [0.4, 0.5) is 4.79 Å². The highest BCUT2D eigenvalue weighted by atomic mass is 16.6. The fourth-order valence-electron chi connectivity index (χ4n) is 2.89. The molecule has 2 heterocycles. The van der Waals surface area contributed by atoms with Crippen LogP contribution in [0.1, 0.15) is 52.8 Å². The van der Waals surface area contributed by atoms with E-state index >= 15 is 0 Å². The maximum atomic E-state index is 12.1. The molecule has 2 rings (SSSR count). The largest absolute Gasteiger partial charge is 0.481 e. The van der Waals surface area contributed by atoms with Crippen molar-refractivity contribution < 1.29 is 19.4 Å². The van der Waals surface area contributed by atoms with E-state index in [4.69, 9.17) is 4.74 Å². The van der Waals surface area contributed by atoms with Gasteiger partial charge < -0.3 is 19.3 Å². The van der Waals surface area contributed by atoms with Crippen molar-refractivity contribution in [3.63, 3.8) is 0 Å². The molecule has 0 unspecified atom stereocenters. The van der Waals surface area contributed by atoms with Crippen LogP contribution in [0.5, 0.6) is 0 Å². The van der Waals surface area contributed by atoms with Crippen molar-refractivity contribution in [2.24, 2.45) is 0 Å². The second-order valence-electron chi connectivity index (χ2n) is 7.44. The molecule has 23 heavy (non-hydrogen) atoms. The average Bonchev–Trinajstić information content (AvgIpc) is 2.79. The van der Waals surface area contributed by atoms with Gasteiger partial charge in [-0.25, -0.2) is 9.78 Å². The molecule has 0 saturated carbocycles. The molecule has 1 fully saturated rings. The third kappa shape index (κ3) is 3.65. The third-order valence-corrected chi connectivity index (χ3v) is 3.80. The number of hydrogen-bond acceptors (Lipinski definition) is 4. The van der Waals surface area contributed by atoms with Gasteiger partial charge in [0.2, 0.25) is 0 Å². The van der Waals surface area contributed by atoms with Crippen LogP contribution in [-0.4, -0.2) is 50.3 Å². The zero-order chi connectivity index (χ0) is 17.4. The lowest BCUT2D eigenvalue weighted by Crippen LogP contribution is -2.65. The fourth-order valence-corrected chi connectivity index (χ4v) is 2.89. The Hall–Kier alpha value is -2.05. The summed E-state index contributed by atoms with van der Waals surface area (Å²) in [5.41, 5.74) is -1.22. The zero-order valence-electron chi connectivity index (χ0n) is 14.4. The van der Waals surface area contributed by atoms with E-state index in [1.54, 1.807) is 12.4 Å². The Morgan fingerprint density at radius 1 is 1.39 bits per heavy atom. The quantitative estimate of drug-likeness (QED) is 0.920. The number of ether oxygens (including phenoxy) is 1. The molecule has 128 valence electrons. The fraction of sp³-hybridized carbons (Fsp3) is 0.688. The summed E-state index contributed by atoms with van der Waals surface area (Å²) in [5.74, 6) is 0.110. The summed E-state index contributed by atoms with van der Waals surface area (Å²) in [6.07, 6.45) is 3.01. The van der Waals surface area contributed by atoms with Gasteiger partial charge in [-0.1, -0.05) is 13.8 Å². The standard InChI is InChI=1S/C16H25N3O4/c1-11(2)13-17-6-7-19(13)16(8-12(20)21)9-18(10-16)14(22)23-15(3,4)5/h6-7,11H,8-10H2,1-5H3,(H,20,21). The Kier molecular flexibility index (Phi) is 4.41. The first-order valence-corrected chi connectivity index (χ1v) is 7.77. The molecule has 0 bridgehead atoms. The molecule has 1 saturated heterocycles. The highest BCUT2D eigenvalue weighted by Gasteiger charge is 2.50. The molecule has 0 aromatic carbocycles. The molecule has 1 aromatic heterocycles. The van der Waals surface area contributed by atoms with Crippen LogP contribution in [0.15, 0.2) is 12.4 Å². The topological polar surface area (TPSA) is 84.7 Å². The summed E-state index contributed by atoms with van der Waals surface area (Å²) in [4.78, 5) is 29.3. The van der Waals surface area contributed by atoms with Gasteiger partial charge in [-0.15, -0.1) is 0 Å². The molecular weight excluding hydrogens is 298 g/mol. The van der Waals surface area contributed by atoms with Crippen LogP contribution in [0.3, 0.4) is 0 Å². The number of amides is 1. The van der Waals surface area contributed by atoms with E-state index in [1.807, 2.05) is 39.2 Å². The van der Waals surface area contributed by atoms with E-state index in [9.17, 15) is 14.7 Å². The first-order chi connectivity index (χ1) is 10.5. The molecule has 7 nitrogen and oxygen atoms in total. The van der Waals surface area contributed by atoms with Crippen LogP contribution in [0.2, 0.25) is 0 Å². The van der Waals surface area contributed by atoms with Crippen LogP contribution in [0, 0.1) is 0 Å². The second-order valence-corrected chi connectivity index (χ2v) is 7.44. The van der Waals surface area contributed by atoms with Gasteiger partial charge in [-0.2, -0.15) is 0 Å². The number of carboxylic acid groups (broad SMARTS) is 1. The van der Waals surface area contributed by atoms with Crippen molar-refractivity contribution in [3.05, 3.63) is 18.2 Å². The number of hydrogen-bond donors (Lipinski definition) is 1. The first-order valence-electron chi connectivity index (χ1n) is 7.77. The van der Waals surface area contributed by atoms with E-state index in [-0.39, 0.29) is 12.3 Å². The van der Waals surface area contributed by atoms with E-state index in [0.717, 1.165) is 5.82 Å². The summed E-state index contributed by atoms with van der Waals surface area (Å²) >= 11 is 0. The van der Waals surface area contributed by atoms with E-state index < -0.39 is 23.2 Å². The number of aromatic nitrogens is 2. The Morgan fingerprint density at radius 3 is 2.48 bits per heavy atom.